The molecule has 0 amide bonds. The molecule has 1 fully saturated rings. The summed E-state index contributed by atoms with van der Waals surface area (Å²) in [5.41, 5.74) is 3.89. The summed E-state index contributed by atoms with van der Waals surface area (Å²) in [5.74, 6) is -0.203. The second kappa shape index (κ2) is 4.52. The standard InChI is InChI=1S/C11H15F3N4O/c1-10(2)6-18(3-4-19-10)8-5-7(11(12,13)14)16-9(15)17-8/h5H,3-4,6H2,1-2H3,(H2,15,16,17). The molecule has 2 heterocycles. The van der Waals surface area contributed by atoms with E-state index >= 15 is 0 Å². The Labute approximate surface area is 108 Å². The molecule has 106 valence electrons. The summed E-state index contributed by atoms with van der Waals surface area (Å²) in [6.45, 7) is 5.08. The Hall–Kier alpha value is -1.57. The fourth-order valence-electron chi connectivity index (χ4n) is 1.97. The van der Waals surface area contributed by atoms with Gasteiger partial charge in [0.25, 0.3) is 0 Å². The molecule has 0 aliphatic carbocycles. The first-order valence-corrected chi connectivity index (χ1v) is 5.78. The SMILES string of the molecule is CC1(C)CN(c2cc(C(F)(F)F)nc(N)n2)CCO1. The molecular weight excluding hydrogens is 261 g/mol. The van der Waals surface area contributed by atoms with Gasteiger partial charge in [-0.15, -0.1) is 0 Å². The van der Waals surface area contributed by atoms with Gasteiger partial charge in [0.05, 0.1) is 12.2 Å². The molecule has 0 unspecified atom stereocenters. The minimum absolute atomic E-state index is 0.177. The number of nitrogens with two attached hydrogens (primary N) is 1. The molecular formula is C11H15F3N4O. The van der Waals surface area contributed by atoms with Gasteiger partial charge in [0, 0.05) is 19.2 Å². The molecule has 0 saturated carbocycles. The van der Waals surface area contributed by atoms with E-state index in [1.54, 1.807) is 4.90 Å². The molecule has 0 bridgehead atoms. The fraction of sp³-hybridized carbons (Fsp3) is 0.636. The topological polar surface area (TPSA) is 64.3 Å². The van der Waals surface area contributed by atoms with Crippen molar-refractivity contribution in [2.24, 2.45) is 0 Å². The molecule has 0 atom stereocenters. The van der Waals surface area contributed by atoms with E-state index in [-0.39, 0.29) is 11.8 Å². The highest BCUT2D eigenvalue weighted by Gasteiger charge is 2.35. The van der Waals surface area contributed by atoms with E-state index in [0.717, 1.165) is 6.07 Å². The zero-order valence-corrected chi connectivity index (χ0v) is 10.7. The van der Waals surface area contributed by atoms with Gasteiger partial charge in [-0.2, -0.15) is 18.2 Å². The molecule has 2 rings (SSSR count). The Morgan fingerprint density at radius 2 is 2.05 bits per heavy atom. The summed E-state index contributed by atoms with van der Waals surface area (Å²) in [6, 6.07) is 0.914. The van der Waals surface area contributed by atoms with Gasteiger partial charge in [-0.3, -0.25) is 0 Å². The van der Waals surface area contributed by atoms with Crippen molar-refractivity contribution in [1.82, 2.24) is 9.97 Å². The molecule has 1 saturated heterocycles. The van der Waals surface area contributed by atoms with Crippen LogP contribution in [0.5, 0.6) is 0 Å². The average molecular weight is 276 g/mol. The van der Waals surface area contributed by atoms with E-state index in [0.29, 0.717) is 19.7 Å². The van der Waals surface area contributed by atoms with Crippen LogP contribution in [0.1, 0.15) is 19.5 Å². The number of halogens is 3. The van der Waals surface area contributed by atoms with E-state index < -0.39 is 17.5 Å². The Kier molecular flexibility index (Phi) is 3.29. The Bertz CT molecular complexity index is 475. The second-order valence-electron chi connectivity index (χ2n) is 5.00. The first kappa shape index (κ1) is 13.9. The molecule has 1 aromatic heterocycles. The summed E-state index contributed by atoms with van der Waals surface area (Å²) in [6.07, 6.45) is -4.53. The van der Waals surface area contributed by atoms with Crippen LogP contribution in [0.15, 0.2) is 6.07 Å². The highest BCUT2D eigenvalue weighted by Crippen LogP contribution is 2.31. The smallest absolute Gasteiger partial charge is 0.372 e. The minimum atomic E-state index is -4.53. The molecule has 1 aromatic rings. The van der Waals surface area contributed by atoms with Gasteiger partial charge in [-0.05, 0) is 13.8 Å². The number of nitrogen functional groups attached to an aromatic ring is 1. The van der Waals surface area contributed by atoms with E-state index in [1.165, 1.54) is 0 Å². The molecule has 2 N–H and O–H groups in total. The lowest BCUT2D eigenvalue weighted by Gasteiger charge is -2.38. The summed E-state index contributed by atoms with van der Waals surface area (Å²) in [7, 11) is 0. The van der Waals surface area contributed by atoms with E-state index in [2.05, 4.69) is 9.97 Å². The normalized spacial score (nSPS) is 19.5. The first-order valence-electron chi connectivity index (χ1n) is 5.78. The molecule has 19 heavy (non-hydrogen) atoms. The predicted octanol–water partition coefficient (Wildman–Crippen LogP) is 1.69. The minimum Gasteiger partial charge on any atom is -0.372 e. The maximum Gasteiger partial charge on any atom is 0.433 e. The van der Waals surface area contributed by atoms with Crippen LogP contribution < -0.4 is 10.6 Å². The van der Waals surface area contributed by atoms with Crippen LogP contribution in [0, 0.1) is 0 Å². The number of nitrogens with zero attached hydrogens (tertiary/aromatic N) is 3. The van der Waals surface area contributed by atoms with Crippen molar-refractivity contribution in [3.05, 3.63) is 11.8 Å². The van der Waals surface area contributed by atoms with Gasteiger partial charge in [-0.25, -0.2) is 4.98 Å². The van der Waals surface area contributed by atoms with Crippen LogP contribution in [-0.2, 0) is 10.9 Å². The van der Waals surface area contributed by atoms with Gasteiger partial charge in [-0.1, -0.05) is 0 Å². The third kappa shape index (κ3) is 3.25. The van der Waals surface area contributed by atoms with Gasteiger partial charge >= 0.3 is 6.18 Å². The third-order valence-electron chi connectivity index (χ3n) is 2.77. The van der Waals surface area contributed by atoms with Gasteiger partial charge in [0.2, 0.25) is 5.95 Å². The Morgan fingerprint density at radius 1 is 1.37 bits per heavy atom. The predicted molar refractivity (Wildman–Crippen MR) is 63.7 cm³/mol. The van der Waals surface area contributed by atoms with E-state index in [1.807, 2.05) is 13.8 Å². The summed E-state index contributed by atoms with van der Waals surface area (Å²) >= 11 is 0. The van der Waals surface area contributed by atoms with Crippen molar-refractivity contribution in [2.75, 3.05) is 30.3 Å². The van der Waals surface area contributed by atoms with Crippen LogP contribution >= 0.6 is 0 Å². The quantitative estimate of drug-likeness (QED) is 0.845. The van der Waals surface area contributed by atoms with E-state index in [4.69, 9.17) is 10.5 Å². The Balaban J connectivity index is 2.32. The van der Waals surface area contributed by atoms with Crippen LogP contribution in [-0.4, -0.2) is 35.3 Å². The summed E-state index contributed by atoms with van der Waals surface area (Å²) in [5, 5.41) is 0. The van der Waals surface area contributed by atoms with E-state index in [9.17, 15) is 13.2 Å². The maximum atomic E-state index is 12.7. The molecule has 0 spiro atoms. The lowest BCUT2D eigenvalue weighted by molar-refractivity contribution is -0.141. The molecule has 0 aromatic carbocycles. The summed E-state index contributed by atoms with van der Waals surface area (Å²) < 4.78 is 43.5. The number of anilines is 2. The van der Waals surface area contributed by atoms with Crippen molar-refractivity contribution in [3.63, 3.8) is 0 Å². The largest absolute Gasteiger partial charge is 0.433 e. The van der Waals surface area contributed by atoms with Gasteiger partial charge in [0.1, 0.15) is 5.82 Å². The monoisotopic (exact) mass is 276 g/mol. The zero-order chi connectivity index (χ0) is 14.3. The third-order valence-corrected chi connectivity index (χ3v) is 2.77. The molecule has 5 nitrogen and oxygen atoms in total. The fourth-order valence-corrected chi connectivity index (χ4v) is 1.97. The molecule has 1 aliphatic heterocycles. The lowest BCUT2D eigenvalue weighted by atomic mass is 10.1. The summed E-state index contributed by atoms with van der Waals surface area (Å²) in [4.78, 5) is 8.81. The zero-order valence-electron chi connectivity index (χ0n) is 10.7. The maximum absolute atomic E-state index is 12.7. The molecule has 0 radical (unpaired) electrons. The lowest BCUT2D eigenvalue weighted by Crippen LogP contribution is -2.48. The highest BCUT2D eigenvalue weighted by atomic mass is 19.4. The van der Waals surface area contributed by atoms with Crippen LogP contribution in [0.3, 0.4) is 0 Å². The number of hydrogen-bond donors (Lipinski definition) is 1. The second-order valence-corrected chi connectivity index (χ2v) is 5.00. The number of alkyl halides is 3. The van der Waals surface area contributed by atoms with Crippen molar-refractivity contribution in [3.8, 4) is 0 Å². The van der Waals surface area contributed by atoms with Crippen LogP contribution in [0.4, 0.5) is 24.9 Å². The number of hydrogen-bond acceptors (Lipinski definition) is 5. The average Bonchev–Trinajstić information content (AvgIpc) is 2.25. The molecule has 8 heteroatoms. The number of aromatic nitrogens is 2. The van der Waals surface area contributed by atoms with Crippen molar-refractivity contribution < 1.29 is 17.9 Å². The van der Waals surface area contributed by atoms with Gasteiger partial charge in [0.15, 0.2) is 5.69 Å². The molecule has 1 aliphatic rings. The Morgan fingerprint density at radius 3 is 2.63 bits per heavy atom. The number of ether oxygens (including phenoxy) is 1. The number of rotatable bonds is 1. The van der Waals surface area contributed by atoms with Crippen molar-refractivity contribution in [2.45, 2.75) is 25.6 Å². The van der Waals surface area contributed by atoms with Gasteiger partial charge < -0.3 is 15.4 Å². The first-order chi connectivity index (χ1) is 8.67. The number of morpholine rings is 1. The van der Waals surface area contributed by atoms with Crippen molar-refractivity contribution in [1.29, 1.82) is 0 Å². The van der Waals surface area contributed by atoms with Crippen molar-refractivity contribution >= 4 is 11.8 Å². The highest BCUT2D eigenvalue weighted by molar-refractivity contribution is 5.45. The van der Waals surface area contributed by atoms with Crippen LogP contribution in [0.2, 0.25) is 0 Å². The van der Waals surface area contributed by atoms with Crippen LogP contribution in [0.25, 0.3) is 0 Å².